The number of nitrogens with one attached hydrogen (secondary N) is 2. The second-order valence-corrected chi connectivity index (χ2v) is 6.19. The van der Waals surface area contributed by atoms with E-state index in [1.807, 2.05) is 53.4 Å². The van der Waals surface area contributed by atoms with Gasteiger partial charge in [-0.2, -0.15) is 0 Å². The summed E-state index contributed by atoms with van der Waals surface area (Å²) in [5.74, 6) is 0.715. The molecule has 4 nitrogen and oxygen atoms in total. The van der Waals surface area contributed by atoms with E-state index < -0.39 is 0 Å². The number of guanidine groups is 1. The number of thiocarbonyl (C=S) groups is 1. The van der Waals surface area contributed by atoms with Crippen LogP contribution in [0.15, 0.2) is 53.5 Å². The van der Waals surface area contributed by atoms with E-state index in [4.69, 9.17) is 35.4 Å². The van der Waals surface area contributed by atoms with Crippen LogP contribution in [0.25, 0.3) is 0 Å². The number of aliphatic imine (C=N–C) groups is 1. The van der Waals surface area contributed by atoms with E-state index in [1.54, 1.807) is 0 Å². The van der Waals surface area contributed by atoms with Gasteiger partial charge in [0.25, 0.3) is 0 Å². The second-order valence-electron chi connectivity index (χ2n) is 4.93. The summed E-state index contributed by atoms with van der Waals surface area (Å²) in [6, 6.07) is 14.9. The molecule has 7 heteroatoms. The fourth-order valence-corrected chi connectivity index (χ4v) is 2.78. The van der Waals surface area contributed by atoms with Gasteiger partial charge in [0, 0.05) is 28.0 Å². The third-order valence-electron chi connectivity index (χ3n) is 3.26. The van der Waals surface area contributed by atoms with Crippen LogP contribution >= 0.6 is 35.4 Å². The topological polar surface area (TPSA) is 39.7 Å². The van der Waals surface area contributed by atoms with Gasteiger partial charge in [0.05, 0.1) is 6.54 Å². The molecule has 0 unspecified atom stereocenters. The third-order valence-corrected chi connectivity index (χ3v) is 4.07. The number of hydrogen-bond donors (Lipinski definition) is 2. The van der Waals surface area contributed by atoms with E-state index in [2.05, 4.69) is 15.6 Å². The van der Waals surface area contributed by atoms with Crippen LogP contribution in [0.2, 0.25) is 10.0 Å². The molecule has 1 aliphatic rings. The van der Waals surface area contributed by atoms with Gasteiger partial charge in [-0.25, -0.2) is 0 Å². The molecule has 23 heavy (non-hydrogen) atoms. The number of hydrogen-bond acceptors (Lipinski definition) is 3. The molecule has 118 valence electrons. The Morgan fingerprint density at radius 3 is 2.57 bits per heavy atom. The zero-order chi connectivity index (χ0) is 16.2. The molecular formula is C16H14Cl2N4S. The number of rotatable bonds is 2. The predicted octanol–water partition coefficient (Wildman–Crippen LogP) is 4.47. The van der Waals surface area contributed by atoms with Crippen molar-refractivity contribution >= 4 is 57.9 Å². The summed E-state index contributed by atoms with van der Waals surface area (Å²) in [6.45, 7) is 1.41. The Labute approximate surface area is 150 Å². The molecule has 1 aliphatic heterocycles. The van der Waals surface area contributed by atoms with Gasteiger partial charge in [0.2, 0.25) is 5.96 Å². The zero-order valence-electron chi connectivity index (χ0n) is 12.1. The molecule has 0 atom stereocenters. The molecule has 0 radical (unpaired) electrons. The zero-order valence-corrected chi connectivity index (χ0v) is 14.4. The van der Waals surface area contributed by atoms with Crippen molar-refractivity contribution in [2.75, 3.05) is 23.7 Å². The third kappa shape index (κ3) is 4.13. The summed E-state index contributed by atoms with van der Waals surface area (Å²) < 4.78 is 0. The van der Waals surface area contributed by atoms with Crippen LogP contribution in [0.3, 0.4) is 0 Å². The van der Waals surface area contributed by atoms with Crippen LogP contribution in [-0.2, 0) is 0 Å². The molecule has 0 amide bonds. The van der Waals surface area contributed by atoms with Crippen molar-refractivity contribution in [1.82, 2.24) is 4.90 Å². The average molecular weight is 365 g/mol. The van der Waals surface area contributed by atoms with Gasteiger partial charge in [-0.05, 0) is 54.7 Å². The Hall–Kier alpha value is -1.82. The molecule has 0 saturated heterocycles. The fourth-order valence-electron chi connectivity index (χ4n) is 2.17. The summed E-state index contributed by atoms with van der Waals surface area (Å²) in [4.78, 5) is 6.38. The van der Waals surface area contributed by atoms with Gasteiger partial charge in [-0.15, -0.1) is 0 Å². The highest BCUT2D eigenvalue weighted by Gasteiger charge is 2.21. The van der Waals surface area contributed by atoms with Gasteiger partial charge in [-0.3, -0.25) is 9.89 Å². The maximum absolute atomic E-state index is 5.99. The highest BCUT2D eigenvalue weighted by Crippen LogP contribution is 2.18. The first-order valence-corrected chi connectivity index (χ1v) is 8.19. The Morgan fingerprint density at radius 1 is 1.04 bits per heavy atom. The average Bonchev–Trinajstić information content (AvgIpc) is 2.98. The summed E-state index contributed by atoms with van der Waals surface area (Å²) >= 11 is 17.4. The minimum absolute atomic E-state index is 0.574. The lowest BCUT2D eigenvalue weighted by Gasteiger charge is -2.22. The Kier molecular flexibility index (Phi) is 5.00. The van der Waals surface area contributed by atoms with Crippen molar-refractivity contribution in [2.45, 2.75) is 0 Å². The lowest BCUT2D eigenvalue weighted by molar-refractivity contribution is 0.674. The van der Waals surface area contributed by atoms with E-state index in [-0.39, 0.29) is 0 Å². The number of nitrogens with zero attached hydrogens (tertiary/aromatic N) is 2. The first-order valence-electron chi connectivity index (χ1n) is 7.03. The number of halogens is 2. The molecule has 2 N–H and O–H groups in total. The minimum Gasteiger partial charge on any atom is -0.332 e. The first-order chi connectivity index (χ1) is 11.1. The van der Waals surface area contributed by atoms with Crippen molar-refractivity contribution < 1.29 is 0 Å². The maximum atomic E-state index is 5.99. The molecule has 1 heterocycles. The smallest absolute Gasteiger partial charge is 0.204 e. The van der Waals surface area contributed by atoms with Gasteiger partial charge in [0.15, 0.2) is 5.11 Å². The van der Waals surface area contributed by atoms with E-state index in [0.29, 0.717) is 27.7 Å². The van der Waals surface area contributed by atoms with Gasteiger partial charge in [0.1, 0.15) is 0 Å². The first kappa shape index (κ1) is 16.1. The lowest BCUT2D eigenvalue weighted by atomic mass is 10.3. The molecule has 0 bridgehead atoms. The number of benzene rings is 2. The Morgan fingerprint density at radius 2 is 1.83 bits per heavy atom. The Bertz CT molecular complexity index is 746. The SMILES string of the molecule is S=C(Nc1cccc(Cl)c1)N1CCN=C1Nc1ccc(Cl)cc1. The van der Waals surface area contributed by atoms with Crippen LogP contribution in [0.5, 0.6) is 0 Å². The van der Waals surface area contributed by atoms with E-state index in [1.165, 1.54) is 0 Å². The summed E-state index contributed by atoms with van der Waals surface area (Å²) in [7, 11) is 0. The van der Waals surface area contributed by atoms with E-state index in [0.717, 1.165) is 17.9 Å². The molecule has 3 rings (SSSR count). The normalized spacial score (nSPS) is 13.7. The van der Waals surface area contributed by atoms with Crippen molar-refractivity contribution in [3.63, 3.8) is 0 Å². The van der Waals surface area contributed by atoms with Gasteiger partial charge < -0.3 is 10.6 Å². The van der Waals surface area contributed by atoms with Crippen LogP contribution in [-0.4, -0.2) is 29.1 Å². The van der Waals surface area contributed by atoms with E-state index >= 15 is 0 Å². The van der Waals surface area contributed by atoms with Crippen molar-refractivity contribution in [1.29, 1.82) is 0 Å². The molecule has 0 spiro atoms. The standard InChI is InChI=1S/C16H14Cl2N4S/c17-11-4-6-13(7-5-11)20-15-19-8-9-22(15)16(23)21-14-3-1-2-12(18)10-14/h1-7,10H,8-9H2,(H,19,20)(H,21,23). The monoisotopic (exact) mass is 364 g/mol. The molecule has 2 aromatic carbocycles. The van der Waals surface area contributed by atoms with Crippen molar-refractivity contribution in [3.8, 4) is 0 Å². The van der Waals surface area contributed by atoms with Crippen LogP contribution < -0.4 is 10.6 Å². The minimum atomic E-state index is 0.574. The predicted molar refractivity (Wildman–Crippen MR) is 102 cm³/mol. The molecular weight excluding hydrogens is 351 g/mol. The lowest BCUT2D eigenvalue weighted by Crippen LogP contribution is -2.40. The van der Waals surface area contributed by atoms with E-state index in [9.17, 15) is 0 Å². The van der Waals surface area contributed by atoms with Crippen LogP contribution in [0.4, 0.5) is 11.4 Å². The summed E-state index contributed by atoms with van der Waals surface area (Å²) in [5.41, 5.74) is 1.76. The number of anilines is 2. The molecule has 0 saturated carbocycles. The molecule has 0 aromatic heterocycles. The molecule has 2 aromatic rings. The van der Waals surface area contributed by atoms with Gasteiger partial charge >= 0.3 is 0 Å². The van der Waals surface area contributed by atoms with Crippen molar-refractivity contribution in [3.05, 3.63) is 58.6 Å². The Balaban J connectivity index is 1.68. The largest absolute Gasteiger partial charge is 0.332 e. The highest BCUT2D eigenvalue weighted by molar-refractivity contribution is 7.80. The highest BCUT2D eigenvalue weighted by atomic mass is 35.5. The quantitative estimate of drug-likeness (QED) is 0.771. The summed E-state index contributed by atoms with van der Waals surface area (Å²) in [5, 5.41) is 8.37. The maximum Gasteiger partial charge on any atom is 0.204 e. The summed E-state index contributed by atoms with van der Waals surface area (Å²) in [6.07, 6.45) is 0. The molecule has 0 aliphatic carbocycles. The molecule has 0 fully saturated rings. The van der Waals surface area contributed by atoms with Crippen LogP contribution in [0, 0.1) is 0 Å². The second kappa shape index (κ2) is 7.17. The fraction of sp³-hybridized carbons (Fsp3) is 0.125. The van der Waals surface area contributed by atoms with Gasteiger partial charge in [-0.1, -0.05) is 29.3 Å². The van der Waals surface area contributed by atoms with Crippen molar-refractivity contribution in [2.24, 2.45) is 4.99 Å². The van der Waals surface area contributed by atoms with Crippen LogP contribution in [0.1, 0.15) is 0 Å².